The molecule has 0 saturated carbocycles. The van der Waals surface area contributed by atoms with Gasteiger partial charge in [0, 0.05) is 0 Å². The van der Waals surface area contributed by atoms with Gasteiger partial charge in [0.25, 0.3) is 0 Å². The monoisotopic (exact) mass is 260 g/mol. The molecule has 0 radical (unpaired) electrons. The number of hydrogen-bond donors (Lipinski definition) is 0. The summed E-state index contributed by atoms with van der Waals surface area (Å²) in [6, 6.07) is 19.1. The van der Waals surface area contributed by atoms with Crippen LogP contribution >= 0.6 is 8.15 Å². The Morgan fingerprint density at radius 2 is 1.00 bits per heavy atom. The van der Waals surface area contributed by atoms with Gasteiger partial charge in [-0.05, 0) is 10.6 Å². The zero-order valence-electron chi connectivity index (χ0n) is 8.71. The topological polar surface area (TPSA) is 23.1 Å². The SMILES string of the molecule is [Cl-].[Mg+2].[O-]P(c1ccccc1)c1ccccc1. The molecule has 0 bridgehead atoms. The summed E-state index contributed by atoms with van der Waals surface area (Å²) in [5, 5.41) is 1.77. The Morgan fingerprint density at radius 1 is 0.688 bits per heavy atom. The van der Waals surface area contributed by atoms with Crippen LogP contribution in [-0.4, -0.2) is 23.1 Å². The molecule has 78 valence electrons. The summed E-state index contributed by atoms with van der Waals surface area (Å²) < 4.78 is 0. The maximum Gasteiger partial charge on any atom is 2.00 e. The van der Waals surface area contributed by atoms with Crippen LogP contribution in [0.5, 0.6) is 0 Å². The van der Waals surface area contributed by atoms with Crippen molar-refractivity contribution in [2.24, 2.45) is 0 Å². The van der Waals surface area contributed by atoms with Gasteiger partial charge in [0.2, 0.25) is 0 Å². The summed E-state index contributed by atoms with van der Waals surface area (Å²) in [5.74, 6) is 0. The Hall–Kier alpha value is -0.114. The van der Waals surface area contributed by atoms with Gasteiger partial charge in [-0.1, -0.05) is 60.7 Å². The van der Waals surface area contributed by atoms with E-state index in [2.05, 4.69) is 0 Å². The Kier molecular flexibility index (Phi) is 7.99. The van der Waals surface area contributed by atoms with Gasteiger partial charge in [0.15, 0.2) is 0 Å². The van der Waals surface area contributed by atoms with Crippen molar-refractivity contribution in [1.82, 2.24) is 0 Å². The maximum absolute atomic E-state index is 12.0. The van der Waals surface area contributed by atoms with E-state index in [9.17, 15) is 4.89 Å². The summed E-state index contributed by atoms with van der Waals surface area (Å²) in [6.45, 7) is 0. The van der Waals surface area contributed by atoms with Gasteiger partial charge in [0.05, 0.1) is 0 Å². The second-order valence-corrected chi connectivity index (χ2v) is 4.59. The molecule has 0 amide bonds. The molecule has 1 nitrogen and oxygen atoms in total. The average molecular weight is 261 g/mol. The molecule has 2 aromatic carbocycles. The van der Waals surface area contributed by atoms with Crippen molar-refractivity contribution in [3.8, 4) is 0 Å². The predicted molar refractivity (Wildman–Crippen MR) is 64.8 cm³/mol. The minimum atomic E-state index is -1.42. The van der Waals surface area contributed by atoms with E-state index in [4.69, 9.17) is 0 Å². The number of rotatable bonds is 2. The summed E-state index contributed by atoms with van der Waals surface area (Å²) in [4.78, 5) is 12.0. The molecule has 0 aliphatic heterocycles. The van der Waals surface area contributed by atoms with Crippen LogP contribution in [0.3, 0.4) is 0 Å². The third-order valence-electron chi connectivity index (χ3n) is 1.98. The first kappa shape index (κ1) is 15.9. The van der Waals surface area contributed by atoms with Crippen molar-refractivity contribution in [1.29, 1.82) is 0 Å². The Labute approximate surface area is 119 Å². The van der Waals surface area contributed by atoms with Gasteiger partial charge in [-0.15, -0.1) is 8.15 Å². The van der Waals surface area contributed by atoms with Gasteiger partial charge in [-0.2, -0.15) is 0 Å². The summed E-state index contributed by atoms with van der Waals surface area (Å²) in [6.07, 6.45) is 0. The molecule has 16 heavy (non-hydrogen) atoms. The predicted octanol–water partition coefficient (Wildman–Crippen LogP) is -1.98. The minimum Gasteiger partial charge on any atom is -1.00 e. The van der Waals surface area contributed by atoms with Gasteiger partial charge < -0.3 is 17.3 Å². The van der Waals surface area contributed by atoms with Crippen LogP contribution in [0.2, 0.25) is 0 Å². The van der Waals surface area contributed by atoms with Gasteiger partial charge in [-0.25, -0.2) is 0 Å². The molecule has 2 rings (SSSR count). The molecule has 0 spiro atoms. The first-order chi connectivity index (χ1) is 6.88. The molecule has 0 saturated heterocycles. The first-order valence-electron chi connectivity index (χ1n) is 4.45. The third kappa shape index (κ3) is 4.04. The largest absolute Gasteiger partial charge is 2.00 e. The first-order valence-corrected chi connectivity index (χ1v) is 5.71. The fourth-order valence-corrected chi connectivity index (χ4v) is 2.46. The van der Waals surface area contributed by atoms with Crippen LogP contribution in [0.15, 0.2) is 60.7 Å². The quantitative estimate of drug-likeness (QED) is 0.454. The van der Waals surface area contributed by atoms with Gasteiger partial charge in [-0.3, -0.25) is 0 Å². The number of hydrogen-bond acceptors (Lipinski definition) is 1. The average Bonchev–Trinajstić information content (AvgIpc) is 2.30. The van der Waals surface area contributed by atoms with Crippen molar-refractivity contribution in [3.63, 3.8) is 0 Å². The van der Waals surface area contributed by atoms with Crippen LogP contribution in [0, 0.1) is 0 Å². The normalized spacial score (nSPS) is 9.12. The van der Waals surface area contributed by atoms with Crippen LogP contribution < -0.4 is 27.9 Å². The molecule has 2 aromatic rings. The summed E-state index contributed by atoms with van der Waals surface area (Å²) in [7, 11) is -1.42. The molecular formula is C12H10ClMgOP. The molecule has 0 aliphatic carbocycles. The minimum absolute atomic E-state index is 0. The van der Waals surface area contributed by atoms with Crippen molar-refractivity contribution in [3.05, 3.63) is 60.7 Å². The van der Waals surface area contributed by atoms with E-state index in [1.54, 1.807) is 0 Å². The smallest absolute Gasteiger partial charge is 1.00 e. The van der Waals surface area contributed by atoms with E-state index in [1.165, 1.54) is 0 Å². The third-order valence-corrected chi connectivity index (χ3v) is 3.52. The Balaban J connectivity index is 0.00000112. The van der Waals surface area contributed by atoms with E-state index in [0.29, 0.717) is 0 Å². The van der Waals surface area contributed by atoms with E-state index in [0.717, 1.165) is 10.6 Å². The molecule has 0 heterocycles. The van der Waals surface area contributed by atoms with E-state index in [1.807, 2.05) is 60.7 Å². The molecular weight excluding hydrogens is 251 g/mol. The molecule has 4 heteroatoms. The molecule has 0 atom stereocenters. The summed E-state index contributed by atoms with van der Waals surface area (Å²) in [5.41, 5.74) is 0. The molecule has 0 fully saturated rings. The standard InChI is InChI=1S/C12H10OP.ClH.Mg/c13-14(11-7-3-1-4-8-11)12-9-5-2-6-10-12;;/h1-10H;1H;/q-1;;+2/p-1. The Morgan fingerprint density at radius 3 is 1.31 bits per heavy atom. The number of halogens is 1. The zero-order chi connectivity index (χ0) is 9.80. The van der Waals surface area contributed by atoms with Gasteiger partial charge in [0.1, 0.15) is 0 Å². The van der Waals surface area contributed by atoms with E-state index < -0.39 is 8.15 Å². The van der Waals surface area contributed by atoms with E-state index in [-0.39, 0.29) is 35.5 Å². The second-order valence-electron chi connectivity index (χ2n) is 2.97. The van der Waals surface area contributed by atoms with Gasteiger partial charge >= 0.3 is 23.1 Å². The molecule has 0 aromatic heterocycles. The Bertz CT molecular complexity index is 357. The van der Waals surface area contributed by atoms with Crippen LogP contribution in [0.4, 0.5) is 0 Å². The van der Waals surface area contributed by atoms with Crippen molar-refractivity contribution in [2.75, 3.05) is 0 Å². The van der Waals surface area contributed by atoms with E-state index >= 15 is 0 Å². The maximum atomic E-state index is 12.0. The second kappa shape index (κ2) is 8.05. The van der Waals surface area contributed by atoms with Crippen LogP contribution in [0.25, 0.3) is 0 Å². The molecule has 0 N–H and O–H groups in total. The number of benzene rings is 2. The summed E-state index contributed by atoms with van der Waals surface area (Å²) >= 11 is 0. The van der Waals surface area contributed by atoms with Crippen LogP contribution in [0.1, 0.15) is 0 Å². The fourth-order valence-electron chi connectivity index (χ4n) is 1.28. The molecule has 0 unspecified atom stereocenters. The zero-order valence-corrected chi connectivity index (χ0v) is 11.8. The van der Waals surface area contributed by atoms with Crippen molar-refractivity contribution in [2.45, 2.75) is 0 Å². The van der Waals surface area contributed by atoms with Crippen molar-refractivity contribution >= 4 is 41.8 Å². The fraction of sp³-hybridized carbons (Fsp3) is 0. The van der Waals surface area contributed by atoms with Crippen LogP contribution in [-0.2, 0) is 0 Å². The molecule has 0 aliphatic rings. The van der Waals surface area contributed by atoms with Crippen molar-refractivity contribution < 1.29 is 17.3 Å².